The van der Waals surface area contributed by atoms with Gasteiger partial charge in [0.2, 0.25) is 5.91 Å². The molecule has 0 aliphatic carbocycles. The van der Waals surface area contributed by atoms with Crippen molar-refractivity contribution < 1.29 is 23.8 Å². The van der Waals surface area contributed by atoms with Gasteiger partial charge in [0.15, 0.2) is 11.5 Å². The summed E-state index contributed by atoms with van der Waals surface area (Å²) in [5.41, 5.74) is 2.05. The fraction of sp³-hybridized carbons (Fsp3) is 0.200. The molecule has 8 heteroatoms. The van der Waals surface area contributed by atoms with Crippen molar-refractivity contribution >= 4 is 55.0 Å². The topological polar surface area (TPSA) is 73.9 Å². The van der Waals surface area contributed by atoms with E-state index in [1.165, 1.54) is 39.5 Å². The average Bonchev–Trinajstić information content (AvgIpc) is 2.68. The first-order chi connectivity index (χ1) is 13.3. The molecule has 1 amide bonds. The number of carbonyl (C=O) groups excluding carboxylic acids is 2. The van der Waals surface area contributed by atoms with Crippen LogP contribution in [0.2, 0.25) is 0 Å². The summed E-state index contributed by atoms with van der Waals surface area (Å²) in [5.74, 6) is -0.266. The molecule has 0 heterocycles. The van der Waals surface area contributed by atoms with Crippen molar-refractivity contribution in [1.82, 2.24) is 0 Å². The van der Waals surface area contributed by atoms with E-state index in [9.17, 15) is 9.59 Å². The molecule has 148 valence electrons. The summed E-state index contributed by atoms with van der Waals surface area (Å²) in [6.45, 7) is 1.82. The number of methoxy groups -OCH3 is 3. The number of nitrogens with one attached hydrogen (secondary N) is 1. The summed E-state index contributed by atoms with van der Waals surface area (Å²) < 4.78 is 17.1. The lowest BCUT2D eigenvalue weighted by Crippen LogP contribution is -2.14. The van der Waals surface area contributed by atoms with Crippen LogP contribution in [0.3, 0.4) is 0 Å². The maximum absolute atomic E-state index is 12.5. The van der Waals surface area contributed by atoms with Crippen LogP contribution in [-0.4, -0.2) is 33.2 Å². The summed E-state index contributed by atoms with van der Waals surface area (Å²) in [7, 11) is 4.19. The van der Waals surface area contributed by atoms with Crippen molar-refractivity contribution in [3.8, 4) is 11.5 Å². The number of hydrogen-bond acceptors (Lipinski definition) is 5. The molecule has 2 aromatic rings. The smallest absolute Gasteiger partial charge is 0.340 e. The Morgan fingerprint density at radius 2 is 1.61 bits per heavy atom. The van der Waals surface area contributed by atoms with Gasteiger partial charge in [-0.2, -0.15) is 0 Å². The number of rotatable bonds is 6. The lowest BCUT2D eigenvalue weighted by atomic mass is 10.1. The molecular weight excluding hydrogens is 494 g/mol. The van der Waals surface area contributed by atoms with Crippen molar-refractivity contribution in [3.63, 3.8) is 0 Å². The zero-order chi connectivity index (χ0) is 20.8. The van der Waals surface area contributed by atoms with E-state index >= 15 is 0 Å². The van der Waals surface area contributed by atoms with Gasteiger partial charge in [0, 0.05) is 27.2 Å². The van der Waals surface area contributed by atoms with Crippen molar-refractivity contribution in [1.29, 1.82) is 0 Å². The molecule has 6 nitrogen and oxygen atoms in total. The normalized spacial score (nSPS) is 11.0. The summed E-state index contributed by atoms with van der Waals surface area (Å²) >= 11 is 6.86. The Hall–Kier alpha value is -2.32. The molecule has 0 radical (unpaired) electrons. The predicted octanol–water partition coefficient (Wildman–Crippen LogP) is 5.06. The van der Waals surface area contributed by atoms with Crippen LogP contribution >= 0.6 is 31.9 Å². The van der Waals surface area contributed by atoms with Gasteiger partial charge in [-0.05, 0) is 62.1 Å². The van der Waals surface area contributed by atoms with Crippen LogP contribution in [0.15, 0.2) is 45.4 Å². The zero-order valence-corrected chi connectivity index (χ0v) is 18.9. The molecule has 0 unspecified atom stereocenters. The molecule has 0 saturated heterocycles. The van der Waals surface area contributed by atoms with E-state index in [4.69, 9.17) is 14.2 Å². The lowest BCUT2D eigenvalue weighted by Gasteiger charge is -2.14. The Balaban J connectivity index is 2.36. The van der Waals surface area contributed by atoms with Gasteiger partial charge < -0.3 is 19.5 Å². The molecule has 0 bridgehead atoms. The van der Waals surface area contributed by atoms with Crippen molar-refractivity contribution in [2.75, 3.05) is 26.6 Å². The molecule has 0 aliphatic heterocycles. The van der Waals surface area contributed by atoms with Gasteiger partial charge in [-0.15, -0.1) is 0 Å². The van der Waals surface area contributed by atoms with Crippen molar-refractivity contribution in [2.45, 2.75) is 6.92 Å². The second kappa shape index (κ2) is 9.75. The fourth-order valence-corrected chi connectivity index (χ4v) is 3.08. The number of benzene rings is 2. The highest BCUT2D eigenvalue weighted by Crippen LogP contribution is 2.34. The van der Waals surface area contributed by atoms with Gasteiger partial charge in [0.25, 0.3) is 0 Å². The van der Waals surface area contributed by atoms with Crippen LogP contribution in [0.5, 0.6) is 11.5 Å². The number of anilines is 1. The van der Waals surface area contributed by atoms with E-state index in [2.05, 4.69) is 37.2 Å². The Labute approximate surface area is 180 Å². The Bertz CT molecular complexity index is 940. The Morgan fingerprint density at radius 3 is 2.18 bits per heavy atom. The third-order valence-electron chi connectivity index (χ3n) is 3.91. The third-order valence-corrected chi connectivity index (χ3v) is 5.79. The fourth-order valence-electron chi connectivity index (χ4n) is 2.45. The van der Waals surface area contributed by atoms with Gasteiger partial charge in [0.1, 0.15) is 0 Å². The highest BCUT2D eigenvalue weighted by molar-refractivity contribution is 9.13. The molecule has 0 fully saturated rings. The number of esters is 1. The SMILES string of the molecule is COC(=O)c1cc(OC)c(OC)cc1NC(=O)/C=C(/C)c1ccc(Br)c(Br)c1. The van der Waals surface area contributed by atoms with Crippen LogP contribution in [0.4, 0.5) is 5.69 Å². The first-order valence-corrected chi connectivity index (χ1v) is 9.68. The quantitative estimate of drug-likeness (QED) is 0.432. The van der Waals surface area contributed by atoms with E-state index < -0.39 is 11.9 Å². The summed E-state index contributed by atoms with van der Waals surface area (Å²) in [6.07, 6.45) is 1.45. The Kier molecular flexibility index (Phi) is 7.65. The second-order valence-corrected chi connectivity index (χ2v) is 7.40. The second-order valence-electron chi connectivity index (χ2n) is 5.69. The molecule has 0 aliphatic rings. The average molecular weight is 513 g/mol. The molecule has 28 heavy (non-hydrogen) atoms. The number of ether oxygens (including phenoxy) is 3. The standard InChI is InChI=1S/C20H19Br2NO5/c1-11(12-5-6-14(21)15(22)8-12)7-19(24)23-16-10-18(27-3)17(26-2)9-13(16)20(25)28-4/h5-10H,1-4H3,(H,23,24)/b11-7-. The first kappa shape index (κ1) is 22.0. The maximum atomic E-state index is 12.5. The van der Waals surface area contributed by atoms with E-state index in [1.54, 1.807) is 0 Å². The lowest BCUT2D eigenvalue weighted by molar-refractivity contribution is -0.111. The summed E-state index contributed by atoms with van der Waals surface area (Å²) in [4.78, 5) is 24.6. The Morgan fingerprint density at radius 1 is 0.964 bits per heavy atom. The third kappa shape index (κ3) is 5.14. The van der Waals surface area contributed by atoms with Crippen LogP contribution in [0.25, 0.3) is 5.57 Å². The van der Waals surface area contributed by atoms with Crippen molar-refractivity contribution in [2.24, 2.45) is 0 Å². The number of carbonyl (C=O) groups is 2. The van der Waals surface area contributed by atoms with Crippen molar-refractivity contribution in [3.05, 3.63) is 56.5 Å². The minimum absolute atomic E-state index is 0.158. The van der Waals surface area contributed by atoms with E-state index in [-0.39, 0.29) is 11.3 Å². The predicted molar refractivity (Wildman–Crippen MR) is 115 cm³/mol. The van der Waals surface area contributed by atoms with Gasteiger partial charge in [0.05, 0.1) is 32.6 Å². The van der Waals surface area contributed by atoms with Crippen LogP contribution in [-0.2, 0) is 9.53 Å². The van der Waals surface area contributed by atoms with Crippen LogP contribution in [0.1, 0.15) is 22.8 Å². The van der Waals surface area contributed by atoms with E-state index in [0.717, 1.165) is 20.1 Å². The number of hydrogen-bond donors (Lipinski definition) is 1. The summed E-state index contributed by atoms with van der Waals surface area (Å²) in [5, 5.41) is 2.71. The highest BCUT2D eigenvalue weighted by atomic mass is 79.9. The largest absolute Gasteiger partial charge is 0.493 e. The van der Waals surface area contributed by atoms with Gasteiger partial charge in [-0.1, -0.05) is 6.07 Å². The minimum atomic E-state index is -0.603. The molecule has 2 rings (SSSR count). The summed E-state index contributed by atoms with van der Waals surface area (Å²) in [6, 6.07) is 8.66. The van der Waals surface area contributed by atoms with Crippen LogP contribution < -0.4 is 14.8 Å². The van der Waals surface area contributed by atoms with Gasteiger partial charge >= 0.3 is 5.97 Å². The monoisotopic (exact) mass is 511 g/mol. The van der Waals surface area contributed by atoms with E-state index in [1.807, 2.05) is 25.1 Å². The molecular formula is C20H19Br2NO5. The molecule has 0 spiro atoms. The van der Waals surface area contributed by atoms with Crippen LogP contribution in [0, 0.1) is 0 Å². The molecule has 2 aromatic carbocycles. The molecule has 0 atom stereocenters. The van der Waals surface area contributed by atoms with Gasteiger partial charge in [-0.3, -0.25) is 4.79 Å². The first-order valence-electron chi connectivity index (χ1n) is 8.09. The number of amides is 1. The maximum Gasteiger partial charge on any atom is 0.340 e. The van der Waals surface area contributed by atoms with E-state index in [0.29, 0.717) is 11.5 Å². The minimum Gasteiger partial charge on any atom is -0.493 e. The highest BCUT2D eigenvalue weighted by Gasteiger charge is 2.18. The molecule has 0 aromatic heterocycles. The molecule has 1 N–H and O–H groups in total. The number of halogens is 2. The number of allylic oxidation sites excluding steroid dienone is 1. The van der Waals surface area contributed by atoms with Gasteiger partial charge in [-0.25, -0.2) is 4.79 Å². The zero-order valence-electron chi connectivity index (χ0n) is 15.8. The molecule has 0 saturated carbocycles.